The molecule has 8 nitrogen and oxygen atoms in total. The molecule has 0 bridgehead atoms. The van der Waals surface area contributed by atoms with Gasteiger partial charge in [-0.15, -0.1) is 0 Å². The second-order valence-corrected chi connectivity index (χ2v) is 6.94. The van der Waals surface area contributed by atoms with E-state index in [0.29, 0.717) is 24.1 Å². The Labute approximate surface area is 168 Å². The maximum Gasteiger partial charge on any atom is 0.357 e. The molecule has 8 heteroatoms. The van der Waals surface area contributed by atoms with Gasteiger partial charge >= 0.3 is 5.97 Å². The van der Waals surface area contributed by atoms with Crippen molar-refractivity contribution in [3.8, 4) is 5.75 Å². The van der Waals surface area contributed by atoms with E-state index in [-0.39, 0.29) is 5.69 Å². The van der Waals surface area contributed by atoms with E-state index in [9.17, 15) is 9.90 Å². The normalized spacial score (nSPS) is 14.8. The molecule has 0 atom stereocenters. The van der Waals surface area contributed by atoms with Crippen molar-refractivity contribution < 1.29 is 19.4 Å². The molecule has 0 unspecified atom stereocenters. The van der Waals surface area contributed by atoms with Crippen LogP contribution >= 0.6 is 0 Å². The van der Waals surface area contributed by atoms with Gasteiger partial charge in [-0.1, -0.05) is 12.1 Å². The first-order valence-corrected chi connectivity index (χ1v) is 9.66. The quantitative estimate of drug-likeness (QED) is 0.538. The fourth-order valence-corrected chi connectivity index (χ4v) is 3.31. The van der Waals surface area contributed by atoms with Crippen molar-refractivity contribution in [3.05, 3.63) is 53.7 Å². The van der Waals surface area contributed by atoms with Crippen LogP contribution in [0, 0.1) is 0 Å². The zero-order valence-corrected chi connectivity index (χ0v) is 16.1. The Hall–Kier alpha value is -3.10. The van der Waals surface area contributed by atoms with Crippen molar-refractivity contribution in [3.63, 3.8) is 0 Å². The van der Waals surface area contributed by atoms with Gasteiger partial charge in [0.15, 0.2) is 5.69 Å². The maximum atomic E-state index is 11.2. The molecule has 2 aromatic carbocycles. The van der Waals surface area contributed by atoms with Crippen LogP contribution in [0.1, 0.15) is 16.1 Å². The van der Waals surface area contributed by atoms with Gasteiger partial charge in [-0.3, -0.25) is 10.00 Å². The first kappa shape index (κ1) is 19.2. The summed E-state index contributed by atoms with van der Waals surface area (Å²) in [5, 5.41) is 19.7. The highest BCUT2D eigenvalue weighted by atomic mass is 16.5. The number of morpholine rings is 1. The number of nitrogens with one attached hydrogen (secondary N) is 2. The number of H-pyrrole nitrogens is 1. The molecule has 3 N–H and O–H groups in total. The molecule has 1 aromatic heterocycles. The molecule has 1 aliphatic rings. The average molecular weight is 396 g/mol. The minimum atomic E-state index is -1.04. The van der Waals surface area contributed by atoms with Crippen LogP contribution in [0.3, 0.4) is 0 Å². The lowest BCUT2D eigenvalue weighted by Gasteiger charge is -2.26. The van der Waals surface area contributed by atoms with E-state index in [2.05, 4.69) is 20.4 Å². The van der Waals surface area contributed by atoms with E-state index in [1.54, 1.807) is 6.07 Å². The van der Waals surface area contributed by atoms with Crippen LogP contribution < -0.4 is 10.1 Å². The lowest BCUT2D eigenvalue weighted by atomic mass is 10.1. The second-order valence-electron chi connectivity index (χ2n) is 6.94. The van der Waals surface area contributed by atoms with E-state index in [0.717, 1.165) is 49.8 Å². The number of hydrogen-bond donors (Lipinski definition) is 3. The molecule has 2 heterocycles. The maximum absolute atomic E-state index is 11.2. The number of benzene rings is 2. The number of fused-ring (bicyclic) bond motifs is 1. The van der Waals surface area contributed by atoms with Crippen LogP contribution in [0.25, 0.3) is 10.9 Å². The Morgan fingerprint density at radius 3 is 2.76 bits per heavy atom. The van der Waals surface area contributed by atoms with E-state index in [4.69, 9.17) is 9.47 Å². The molecule has 1 aliphatic heterocycles. The number of ether oxygens (including phenoxy) is 2. The molecule has 0 saturated carbocycles. The number of carboxylic acids is 1. The Morgan fingerprint density at radius 1 is 1.21 bits per heavy atom. The molecule has 0 amide bonds. The minimum Gasteiger partial charge on any atom is -0.492 e. The molecule has 3 aromatic rings. The van der Waals surface area contributed by atoms with Crippen molar-refractivity contribution in [2.75, 3.05) is 44.8 Å². The van der Waals surface area contributed by atoms with Crippen molar-refractivity contribution >= 4 is 22.6 Å². The van der Waals surface area contributed by atoms with E-state index in [1.807, 2.05) is 36.4 Å². The smallest absolute Gasteiger partial charge is 0.357 e. The van der Waals surface area contributed by atoms with Gasteiger partial charge in [0.05, 0.1) is 18.7 Å². The van der Waals surface area contributed by atoms with Crippen LogP contribution in [0.5, 0.6) is 5.75 Å². The molecule has 0 radical (unpaired) electrons. The third-order valence-electron chi connectivity index (χ3n) is 4.97. The fourth-order valence-electron chi connectivity index (χ4n) is 3.31. The zero-order valence-electron chi connectivity index (χ0n) is 16.1. The standard InChI is InChI=1S/C21H24N4O4/c26-21(27)20-18-13-16(3-6-19(18)23-24-20)22-14-15-1-4-17(5-2-15)29-12-9-25-7-10-28-11-8-25/h1-6,13,22H,7-12,14H2,(H,23,24)(H,26,27). The zero-order chi connectivity index (χ0) is 20.1. The van der Waals surface area contributed by atoms with Crippen LogP contribution in [0.15, 0.2) is 42.5 Å². The predicted molar refractivity (Wildman–Crippen MR) is 110 cm³/mol. The lowest BCUT2D eigenvalue weighted by Crippen LogP contribution is -2.38. The summed E-state index contributed by atoms with van der Waals surface area (Å²) in [5.41, 5.74) is 2.68. The monoisotopic (exact) mass is 396 g/mol. The van der Waals surface area contributed by atoms with Crippen LogP contribution in [0.4, 0.5) is 5.69 Å². The summed E-state index contributed by atoms with van der Waals surface area (Å²) in [6.45, 7) is 5.72. The van der Waals surface area contributed by atoms with Crippen molar-refractivity contribution in [2.24, 2.45) is 0 Å². The SMILES string of the molecule is O=C(O)c1n[nH]c2ccc(NCc3ccc(OCCN4CCOCC4)cc3)cc12. The van der Waals surface area contributed by atoms with Crippen LogP contribution in [-0.4, -0.2) is 65.6 Å². The molecule has 152 valence electrons. The summed E-state index contributed by atoms with van der Waals surface area (Å²) in [7, 11) is 0. The highest BCUT2D eigenvalue weighted by molar-refractivity contribution is 6.01. The highest BCUT2D eigenvalue weighted by Crippen LogP contribution is 2.21. The number of aromatic carboxylic acids is 1. The Bertz CT molecular complexity index is 964. The number of nitrogens with zero attached hydrogens (tertiary/aromatic N) is 2. The fraction of sp³-hybridized carbons (Fsp3) is 0.333. The topological polar surface area (TPSA) is 99.7 Å². The summed E-state index contributed by atoms with van der Waals surface area (Å²) in [5.74, 6) is -0.189. The van der Waals surface area contributed by atoms with Gasteiger partial charge in [0, 0.05) is 37.3 Å². The van der Waals surface area contributed by atoms with E-state index in [1.165, 1.54) is 0 Å². The summed E-state index contributed by atoms with van der Waals surface area (Å²) >= 11 is 0. The Morgan fingerprint density at radius 2 is 2.00 bits per heavy atom. The molecule has 1 fully saturated rings. The van der Waals surface area contributed by atoms with E-state index < -0.39 is 5.97 Å². The first-order chi connectivity index (χ1) is 14.2. The van der Waals surface area contributed by atoms with Crippen molar-refractivity contribution in [2.45, 2.75) is 6.54 Å². The van der Waals surface area contributed by atoms with Crippen LogP contribution in [0.2, 0.25) is 0 Å². The van der Waals surface area contributed by atoms with Crippen molar-refractivity contribution in [1.29, 1.82) is 0 Å². The predicted octanol–water partition coefficient (Wildman–Crippen LogP) is 2.58. The molecular formula is C21H24N4O4. The van der Waals surface area contributed by atoms with E-state index >= 15 is 0 Å². The number of hydrogen-bond acceptors (Lipinski definition) is 6. The lowest BCUT2D eigenvalue weighted by molar-refractivity contribution is 0.0322. The third kappa shape index (κ3) is 4.85. The molecular weight excluding hydrogens is 372 g/mol. The summed E-state index contributed by atoms with van der Waals surface area (Å²) in [4.78, 5) is 13.6. The highest BCUT2D eigenvalue weighted by Gasteiger charge is 2.13. The van der Waals surface area contributed by atoms with Gasteiger partial charge in [0.2, 0.25) is 0 Å². The summed E-state index contributed by atoms with van der Waals surface area (Å²) < 4.78 is 11.2. The number of carbonyl (C=O) groups is 1. The first-order valence-electron chi connectivity index (χ1n) is 9.66. The number of aromatic nitrogens is 2. The molecule has 4 rings (SSSR count). The van der Waals surface area contributed by atoms with Crippen LogP contribution in [-0.2, 0) is 11.3 Å². The largest absolute Gasteiger partial charge is 0.492 e. The molecule has 1 saturated heterocycles. The number of anilines is 1. The number of carboxylic acid groups (broad SMARTS) is 1. The molecule has 0 aliphatic carbocycles. The Balaban J connectivity index is 1.29. The minimum absolute atomic E-state index is 0.0298. The number of rotatable bonds is 8. The van der Waals surface area contributed by atoms with Gasteiger partial charge in [0.25, 0.3) is 0 Å². The Kier molecular flexibility index (Phi) is 5.92. The second kappa shape index (κ2) is 8.93. The van der Waals surface area contributed by atoms with Gasteiger partial charge in [-0.2, -0.15) is 5.10 Å². The van der Waals surface area contributed by atoms with Gasteiger partial charge in [0.1, 0.15) is 12.4 Å². The molecule has 0 spiro atoms. The molecule has 29 heavy (non-hydrogen) atoms. The summed E-state index contributed by atoms with van der Waals surface area (Å²) in [6, 6.07) is 13.5. The number of aromatic amines is 1. The van der Waals surface area contributed by atoms with Gasteiger partial charge < -0.3 is 19.9 Å². The summed E-state index contributed by atoms with van der Waals surface area (Å²) in [6.07, 6.45) is 0. The van der Waals surface area contributed by atoms with Crippen molar-refractivity contribution in [1.82, 2.24) is 15.1 Å². The van der Waals surface area contributed by atoms with Gasteiger partial charge in [-0.05, 0) is 35.9 Å². The third-order valence-corrected chi connectivity index (χ3v) is 4.97. The average Bonchev–Trinajstić information content (AvgIpc) is 3.17. The van der Waals surface area contributed by atoms with Gasteiger partial charge in [-0.25, -0.2) is 4.79 Å².